The maximum absolute atomic E-state index is 8.66. The van der Waals surface area contributed by atoms with Gasteiger partial charge in [-0.3, -0.25) is 4.98 Å². The van der Waals surface area contributed by atoms with Crippen molar-refractivity contribution in [3.63, 3.8) is 0 Å². The van der Waals surface area contributed by atoms with Crippen LogP contribution in [0.25, 0.3) is 11.3 Å². The van der Waals surface area contributed by atoms with E-state index in [1.807, 2.05) is 24.3 Å². The van der Waals surface area contributed by atoms with Crippen LogP contribution in [0.15, 0.2) is 47.5 Å². The lowest BCUT2D eigenvalue weighted by Gasteiger charge is -2.01. The first-order valence-electron chi connectivity index (χ1n) is 9.69. The van der Waals surface area contributed by atoms with Crippen molar-refractivity contribution < 1.29 is 0 Å². The molecular weight excluding hydrogens is 352 g/mol. The van der Waals surface area contributed by atoms with E-state index in [1.54, 1.807) is 18.3 Å². The summed E-state index contributed by atoms with van der Waals surface area (Å²) >= 11 is 4.17. The van der Waals surface area contributed by atoms with Gasteiger partial charge in [0.2, 0.25) is 0 Å². The number of rotatable bonds is 7. The van der Waals surface area contributed by atoms with Crippen molar-refractivity contribution >= 4 is 12.6 Å². The SMILES string of the molecule is CCC.CCCNCCNCC.N#Cc1ccc(-c2ccc(S)cn2)cc1. The van der Waals surface area contributed by atoms with Crippen LogP contribution >= 0.6 is 12.6 Å². The first-order chi connectivity index (χ1) is 13.1. The van der Waals surface area contributed by atoms with E-state index in [9.17, 15) is 0 Å². The second-order valence-corrected chi connectivity index (χ2v) is 6.42. The van der Waals surface area contributed by atoms with Crippen LogP contribution in [0.3, 0.4) is 0 Å². The molecule has 1 aromatic carbocycles. The smallest absolute Gasteiger partial charge is 0.0991 e. The van der Waals surface area contributed by atoms with Crippen molar-refractivity contribution in [3.05, 3.63) is 48.2 Å². The predicted molar refractivity (Wildman–Crippen MR) is 119 cm³/mol. The highest BCUT2D eigenvalue weighted by atomic mass is 32.1. The van der Waals surface area contributed by atoms with Gasteiger partial charge in [-0.1, -0.05) is 46.2 Å². The summed E-state index contributed by atoms with van der Waals surface area (Å²) in [5.74, 6) is 0. The average molecular weight is 387 g/mol. The molecule has 2 N–H and O–H groups in total. The summed E-state index contributed by atoms with van der Waals surface area (Å²) in [4.78, 5) is 5.08. The Bertz CT molecular complexity index is 612. The molecular formula is C22H34N4S. The Hall–Kier alpha value is -1.87. The lowest BCUT2D eigenvalue weighted by molar-refractivity contribution is 0.619. The molecule has 0 fully saturated rings. The van der Waals surface area contributed by atoms with Gasteiger partial charge in [0, 0.05) is 29.7 Å². The normalized spacial score (nSPS) is 9.33. The number of nitriles is 1. The van der Waals surface area contributed by atoms with Crippen LogP contribution in [0.2, 0.25) is 0 Å². The Balaban J connectivity index is 0.000000484. The Morgan fingerprint density at radius 2 is 1.56 bits per heavy atom. The minimum Gasteiger partial charge on any atom is -0.316 e. The van der Waals surface area contributed by atoms with Gasteiger partial charge in [0.05, 0.1) is 17.3 Å². The molecule has 0 unspecified atom stereocenters. The van der Waals surface area contributed by atoms with E-state index in [2.05, 4.69) is 62.0 Å². The zero-order valence-electron chi connectivity index (χ0n) is 17.1. The summed E-state index contributed by atoms with van der Waals surface area (Å²) < 4.78 is 0. The van der Waals surface area contributed by atoms with E-state index in [0.29, 0.717) is 5.56 Å². The number of hydrogen-bond acceptors (Lipinski definition) is 5. The molecule has 0 bridgehead atoms. The van der Waals surface area contributed by atoms with Crippen molar-refractivity contribution in [2.24, 2.45) is 0 Å². The molecule has 0 saturated heterocycles. The van der Waals surface area contributed by atoms with Gasteiger partial charge >= 0.3 is 0 Å². The Labute approximate surface area is 170 Å². The van der Waals surface area contributed by atoms with Crippen molar-refractivity contribution in [1.29, 1.82) is 5.26 Å². The standard InChI is InChI=1S/C12H8N2S.C7H18N2.C3H8/c13-7-9-1-3-10(4-2-9)12-6-5-11(15)8-14-12;1-3-5-9-7-6-8-4-2;1-3-2/h1-6,8,15H;8-9H,3-7H2,1-2H3;3H2,1-2H3. The van der Waals surface area contributed by atoms with Crippen LogP contribution in [0.4, 0.5) is 0 Å². The topological polar surface area (TPSA) is 60.7 Å². The average Bonchev–Trinajstić information content (AvgIpc) is 2.70. The molecule has 148 valence electrons. The second-order valence-electron chi connectivity index (χ2n) is 5.90. The molecule has 0 atom stereocenters. The molecule has 1 aromatic heterocycles. The molecule has 4 nitrogen and oxygen atoms in total. The van der Waals surface area contributed by atoms with Crippen LogP contribution in [0.1, 0.15) is 46.1 Å². The molecule has 2 aromatic rings. The van der Waals surface area contributed by atoms with Crippen molar-refractivity contribution in [3.8, 4) is 17.3 Å². The van der Waals surface area contributed by atoms with Crippen molar-refractivity contribution in [2.45, 2.75) is 45.4 Å². The summed E-state index contributed by atoms with van der Waals surface area (Å²) in [5.41, 5.74) is 2.55. The molecule has 1 heterocycles. The Kier molecular flexibility index (Phi) is 16.3. The first-order valence-corrected chi connectivity index (χ1v) is 10.1. The first kappa shape index (κ1) is 25.1. The van der Waals surface area contributed by atoms with Gasteiger partial charge in [-0.05, 0) is 43.8 Å². The fourth-order valence-electron chi connectivity index (χ4n) is 1.93. The molecule has 2 rings (SSSR count). The van der Waals surface area contributed by atoms with Gasteiger partial charge in [0.15, 0.2) is 0 Å². The molecule has 0 saturated carbocycles. The van der Waals surface area contributed by atoms with Crippen LogP contribution in [-0.4, -0.2) is 31.2 Å². The minimum absolute atomic E-state index is 0.657. The Morgan fingerprint density at radius 3 is 2.04 bits per heavy atom. The number of hydrogen-bond donors (Lipinski definition) is 3. The summed E-state index contributed by atoms with van der Waals surface area (Å²) in [6.07, 6.45) is 4.18. The van der Waals surface area contributed by atoms with E-state index in [-0.39, 0.29) is 0 Å². The largest absolute Gasteiger partial charge is 0.316 e. The number of pyridine rings is 1. The lowest BCUT2D eigenvalue weighted by atomic mass is 10.1. The van der Waals surface area contributed by atoms with E-state index in [4.69, 9.17) is 5.26 Å². The van der Waals surface area contributed by atoms with Gasteiger partial charge in [-0.15, -0.1) is 12.6 Å². The van der Waals surface area contributed by atoms with Gasteiger partial charge < -0.3 is 10.6 Å². The minimum atomic E-state index is 0.657. The fourth-order valence-corrected chi connectivity index (χ4v) is 2.06. The number of aromatic nitrogens is 1. The highest BCUT2D eigenvalue weighted by Crippen LogP contribution is 2.18. The maximum atomic E-state index is 8.66. The number of thiol groups is 1. The van der Waals surface area contributed by atoms with Crippen LogP contribution in [0.5, 0.6) is 0 Å². The number of benzene rings is 1. The van der Waals surface area contributed by atoms with E-state index in [0.717, 1.165) is 42.3 Å². The molecule has 5 heteroatoms. The second kappa shape index (κ2) is 17.5. The molecule has 0 amide bonds. The van der Waals surface area contributed by atoms with Gasteiger partial charge in [0.25, 0.3) is 0 Å². The third-order valence-corrected chi connectivity index (χ3v) is 3.48. The van der Waals surface area contributed by atoms with Crippen LogP contribution < -0.4 is 10.6 Å². The predicted octanol–water partition coefficient (Wildman–Crippen LogP) is 4.92. The summed E-state index contributed by atoms with van der Waals surface area (Å²) in [5, 5.41) is 15.2. The van der Waals surface area contributed by atoms with Crippen molar-refractivity contribution in [2.75, 3.05) is 26.2 Å². The number of nitrogens with one attached hydrogen (secondary N) is 2. The lowest BCUT2D eigenvalue weighted by Crippen LogP contribution is -2.27. The fraction of sp³-hybridized carbons (Fsp3) is 0.455. The summed E-state index contributed by atoms with van der Waals surface area (Å²) in [6.45, 7) is 13.0. The van der Waals surface area contributed by atoms with Crippen LogP contribution in [-0.2, 0) is 0 Å². The monoisotopic (exact) mass is 386 g/mol. The molecule has 0 aliphatic carbocycles. The molecule has 0 radical (unpaired) electrons. The van der Waals surface area contributed by atoms with Gasteiger partial charge in [0.1, 0.15) is 0 Å². The highest BCUT2D eigenvalue weighted by molar-refractivity contribution is 7.80. The summed E-state index contributed by atoms with van der Waals surface area (Å²) in [6, 6.07) is 13.2. The molecule has 0 spiro atoms. The van der Waals surface area contributed by atoms with Crippen LogP contribution in [0, 0.1) is 11.3 Å². The highest BCUT2D eigenvalue weighted by Gasteiger charge is 1.98. The summed E-state index contributed by atoms with van der Waals surface area (Å²) in [7, 11) is 0. The number of likely N-dealkylation sites (N-methyl/N-ethyl adjacent to an activating group) is 1. The number of nitrogens with zero attached hydrogens (tertiary/aromatic N) is 2. The van der Waals surface area contributed by atoms with Gasteiger partial charge in [-0.2, -0.15) is 5.26 Å². The van der Waals surface area contributed by atoms with E-state index >= 15 is 0 Å². The van der Waals surface area contributed by atoms with E-state index in [1.165, 1.54) is 12.8 Å². The van der Waals surface area contributed by atoms with E-state index < -0.39 is 0 Å². The Morgan fingerprint density at radius 1 is 0.926 bits per heavy atom. The molecule has 27 heavy (non-hydrogen) atoms. The zero-order valence-corrected chi connectivity index (χ0v) is 18.0. The third kappa shape index (κ3) is 13.0. The maximum Gasteiger partial charge on any atom is 0.0991 e. The molecule has 0 aliphatic rings. The third-order valence-electron chi connectivity index (χ3n) is 3.21. The van der Waals surface area contributed by atoms with Gasteiger partial charge in [-0.25, -0.2) is 0 Å². The zero-order chi connectivity index (χ0) is 20.3. The quantitative estimate of drug-likeness (QED) is 0.467. The van der Waals surface area contributed by atoms with Crippen molar-refractivity contribution in [1.82, 2.24) is 15.6 Å². The molecule has 0 aliphatic heterocycles.